The lowest BCUT2D eigenvalue weighted by Gasteiger charge is -2.49. The second-order valence-electron chi connectivity index (χ2n) is 12.1. The molecule has 3 aromatic rings. The average molecular weight is 670 g/mol. The van der Waals surface area contributed by atoms with Gasteiger partial charge < -0.3 is 14.7 Å². The number of piperazine rings is 1. The summed E-state index contributed by atoms with van der Waals surface area (Å²) in [6.07, 6.45) is 2.62. The molecule has 0 aliphatic carbocycles. The summed E-state index contributed by atoms with van der Waals surface area (Å²) in [6.45, 7) is 12.8. The molecule has 4 heterocycles. The zero-order chi connectivity index (χ0) is 33.5. The van der Waals surface area contributed by atoms with Crippen molar-refractivity contribution in [1.29, 1.82) is 0 Å². The van der Waals surface area contributed by atoms with E-state index in [1.807, 2.05) is 57.7 Å². The van der Waals surface area contributed by atoms with Crippen LogP contribution in [0.25, 0.3) is 11.3 Å². The van der Waals surface area contributed by atoms with Crippen LogP contribution in [0.1, 0.15) is 49.7 Å². The van der Waals surface area contributed by atoms with E-state index in [2.05, 4.69) is 11.0 Å². The van der Waals surface area contributed by atoms with E-state index in [1.165, 1.54) is 16.4 Å². The molecule has 0 spiro atoms. The second-order valence-corrected chi connectivity index (χ2v) is 14.1. The number of amidine groups is 1. The highest BCUT2D eigenvalue weighted by Crippen LogP contribution is 2.58. The minimum atomic E-state index is -3.95. The molecule has 1 amide bonds. The highest BCUT2D eigenvalue weighted by Gasteiger charge is 2.42. The van der Waals surface area contributed by atoms with E-state index >= 15 is 4.39 Å². The molecule has 2 atom stereocenters. The lowest BCUT2D eigenvalue weighted by molar-refractivity contribution is -0.130. The zero-order valence-electron chi connectivity index (χ0n) is 27.0. The molecule has 2 aromatic heterocycles. The fourth-order valence-corrected chi connectivity index (χ4v) is 7.78. The first kappa shape index (κ1) is 33.8. The molecule has 46 heavy (non-hydrogen) atoms. The maximum Gasteiger partial charge on any atom is 0.246 e. The summed E-state index contributed by atoms with van der Waals surface area (Å²) in [5.41, 5.74) is 3.57. The van der Waals surface area contributed by atoms with Crippen LogP contribution in [0.4, 0.5) is 15.9 Å². The van der Waals surface area contributed by atoms with Crippen molar-refractivity contribution in [2.45, 2.75) is 59.2 Å². The molecule has 10 nitrogen and oxygen atoms in total. The maximum atomic E-state index is 15.1. The SMILES string of the molecule is C=CC(=O)N1C[C@H](C)N(C2=NS(O)(O)N(c3c(C)cc(CN(C)C)nc3CCC)c3nc(-c4ccccc4F)c(Cl)cc32)C[C@H]1C. The van der Waals surface area contributed by atoms with Gasteiger partial charge in [0.25, 0.3) is 0 Å². The third-order valence-electron chi connectivity index (χ3n) is 8.16. The molecule has 0 radical (unpaired) electrons. The number of hydrogen-bond donors (Lipinski definition) is 2. The van der Waals surface area contributed by atoms with Gasteiger partial charge in [0.2, 0.25) is 5.91 Å². The Balaban J connectivity index is 1.75. The average Bonchev–Trinajstić information content (AvgIpc) is 2.98. The van der Waals surface area contributed by atoms with E-state index < -0.39 is 16.8 Å². The Hall–Kier alpha value is -3.55. The van der Waals surface area contributed by atoms with Gasteiger partial charge in [-0.3, -0.25) is 18.9 Å². The lowest BCUT2D eigenvalue weighted by Crippen LogP contribution is -2.59. The van der Waals surface area contributed by atoms with E-state index in [0.717, 1.165) is 17.7 Å². The second kappa shape index (κ2) is 13.3. The number of carbonyl (C=O) groups is 1. The van der Waals surface area contributed by atoms with Crippen molar-refractivity contribution < 1.29 is 18.3 Å². The first-order chi connectivity index (χ1) is 21.8. The summed E-state index contributed by atoms with van der Waals surface area (Å²) < 4.78 is 45.1. The normalized spacial score (nSPS) is 20.0. The monoisotopic (exact) mass is 669 g/mol. The van der Waals surface area contributed by atoms with Crippen molar-refractivity contribution in [2.75, 3.05) is 31.5 Å². The molecule has 5 rings (SSSR count). The van der Waals surface area contributed by atoms with Crippen molar-refractivity contribution >= 4 is 45.8 Å². The number of anilines is 2. The van der Waals surface area contributed by atoms with Crippen molar-refractivity contribution in [3.05, 3.63) is 82.4 Å². The van der Waals surface area contributed by atoms with Crippen molar-refractivity contribution in [3.8, 4) is 11.3 Å². The molecule has 1 aromatic carbocycles. The fourth-order valence-electron chi connectivity index (χ4n) is 6.14. The van der Waals surface area contributed by atoms with Gasteiger partial charge in [-0.2, -0.15) is 4.31 Å². The summed E-state index contributed by atoms with van der Waals surface area (Å²) in [5, 5.41) is 0.181. The van der Waals surface area contributed by atoms with Crippen LogP contribution in [0.15, 0.2) is 53.5 Å². The van der Waals surface area contributed by atoms with Crippen LogP contribution in [0.3, 0.4) is 0 Å². The predicted octanol–water partition coefficient (Wildman–Crippen LogP) is 6.84. The van der Waals surface area contributed by atoms with Crippen molar-refractivity contribution in [3.63, 3.8) is 0 Å². The Labute approximate surface area is 276 Å². The standard InChI is InChI=1S/C33H41ClFN7O3S/c1-8-12-28-31(20(3)15-23(36-28)19-39(6)7)42-32-25(16-26(34)30(37-32)24-13-10-11-14-27(24)35)33(38-46(42,44)45)41-18-21(4)40(17-22(41)5)29(43)9-2/h9-11,13-16,21-22,44-45H,2,8,12,17-19H2,1,3-7H3/t21-,22+/m1/s1. The van der Waals surface area contributed by atoms with Crippen LogP contribution in [0.2, 0.25) is 5.02 Å². The summed E-state index contributed by atoms with van der Waals surface area (Å²) in [5.74, 6) is -0.219. The molecule has 1 saturated heterocycles. The first-order valence-corrected chi connectivity index (χ1v) is 17.1. The van der Waals surface area contributed by atoms with E-state index in [0.29, 0.717) is 43.0 Å². The maximum absolute atomic E-state index is 15.1. The summed E-state index contributed by atoms with van der Waals surface area (Å²) in [6, 6.07) is 9.31. The lowest BCUT2D eigenvalue weighted by atomic mass is 10.0. The number of halogens is 2. The van der Waals surface area contributed by atoms with Gasteiger partial charge in [0.15, 0.2) is 11.7 Å². The third kappa shape index (κ3) is 6.37. The number of aromatic nitrogens is 2. The van der Waals surface area contributed by atoms with Gasteiger partial charge in [-0.05, 0) is 88.2 Å². The highest BCUT2D eigenvalue weighted by atomic mass is 35.5. The fraction of sp³-hybridized carbons (Fsp3) is 0.394. The van der Waals surface area contributed by atoms with Gasteiger partial charge in [0.1, 0.15) is 5.82 Å². The Morgan fingerprint density at radius 2 is 1.87 bits per heavy atom. The Bertz CT molecular complexity index is 1700. The quantitative estimate of drug-likeness (QED) is 0.263. The van der Waals surface area contributed by atoms with Gasteiger partial charge in [-0.1, -0.05) is 43.7 Å². The Morgan fingerprint density at radius 3 is 2.52 bits per heavy atom. The van der Waals surface area contributed by atoms with Crippen LogP contribution in [0.5, 0.6) is 0 Å². The molecule has 0 bridgehead atoms. The van der Waals surface area contributed by atoms with Crippen molar-refractivity contribution in [1.82, 2.24) is 24.7 Å². The molecule has 2 N–H and O–H groups in total. The number of nitrogens with zero attached hydrogens (tertiary/aromatic N) is 7. The number of amides is 1. The minimum absolute atomic E-state index is 0.162. The number of aryl methyl sites for hydroxylation is 2. The molecule has 13 heteroatoms. The number of pyridine rings is 2. The minimum Gasteiger partial charge on any atom is -0.348 e. The molecule has 2 aliphatic heterocycles. The van der Waals surface area contributed by atoms with E-state index in [4.69, 9.17) is 21.6 Å². The molecule has 0 saturated carbocycles. The van der Waals surface area contributed by atoms with Crippen LogP contribution in [-0.2, 0) is 17.8 Å². The van der Waals surface area contributed by atoms with E-state index in [-0.39, 0.29) is 45.9 Å². The molecular weight excluding hydrogens is 629 g/mol. The number of carbonyl (C=O) groups excluding carboxylic acids is 1. The van der Waals surface area contributed by atoms with Crippen LogP contribution < -0.4 is 4.31 Å². The van der Waals surface area contributed by atoms with Gasteiger partial charge >= 0.3 is 0 Å². The largest absolute Gasteiger partial charge is 0.348 e. The number of fused-ring (bicyclic) bond motifs is 1. The molecule has 0 unspecified atom stereocenters. The smallest absolute Gasteiger partial charge is 0.246 e. The van der Waals surface area contributed by atoms with Crippen LogP contribution in [-0.4, -0.2) is 84.8 Å². The number of rotatable bonds is 7. The van der Waals surface area contributed by atoms with Crippen molar-refractivity contribution in [2.24, 2.45) is 4.40 Å². The molecule has 1 fully saturated rings. The molecule has 2 aliphatic rings. The van der Waals surface area contributed by atoms with E-state index in [9.17, 15) is 13.9 Å². The third-order valence-corrected chi connectivity index (χ3v) is 9.72. The predicted molar refractivity (Wildman–Crippen MR) is 184 cm³/mol. The topological polar surface area (TPSA) is 109 Å². The van der Waals surface area contributed by atoms with Gasteiger partial charge in [-0.15, -0.1) is 4.40 Å². The summed E-state index contributed by atoms with van der Waals surface area (Å²) in [7, 11) is -0.0252. The summed E-state index contributed by atoms with van der Waals surface area (Å²) >= 11 is 6.85. The number of benzene rings is 1. The van der Waals surface area contributed by atoms with Gasteiger partial charge in [0, 0.05) is 37.3 Å². The molecular formula is C33H41ClFN7O3S. The summed E-state index contributed by atoms with van der Waals surface area (Å²) in [4.78, 5) is 28.1. The Morgan fingerprint density at radius 1 is 1.15 bits per heavy atom. The zero-order valence-corrected chi connectivity index (χ0v) is 28.6. The Kier molecular flexibility index (Phi) is 9.76. The number of hydrogen-bond acceptors (Lipinski definition) is 9. The van der Waals surface area contributed by atoms with E-state index in [1.54, 1.807) is 29.2 Å². The molecule has 246 valence electrons. The van der Waals surface area contributed by atoms with Gasteiger partial charge in [0.05, 0.1) is 33.4 Å². The van der Waals surface area contributed by atoms with Crippen LogP contribution >= 0.6 is 22.6 Å². The van der Waals surface area contributed by atoms with Crippen LogP contribution in [0, 0.1) is 12.7 Å². The van der Waals surface area contributed by atoms with Gasteiger partial charge in [-0.25, -0.2) is 9.37 Å². The highest BCUT2D eigenvalue weighted by molar-refractivity contribution is 8.24. The first-order valence-electron chi connectivity index (χ1n) is 15.2.